The van der Waals surface area contributed by atoms with Crippen LogP contribution in [0.5, 0.6) is 0 Å². The van der Waals surface area contributed by atoms with Crippen molar-refractivity contribution in [1.82, 2.24) is 4.90 Å². The Hall–Kier alpha value is -0.356. The van der Waals surface area contributed by atoms with Crippen LogP contribution < -0.4 is 0 Å². The molecule has 4 heteroatoms. The first-order valence-electron chi connectivity index (χ1n) is 5.48. The van der Waals surface area contributed by atoms with Crippen molar-refractivity contribution in [2.24, 2.45) is 4.99 Å². The van der Waals surface area contributed by atoms with Crippen LogP contribution in [-0.2, 0) is 0 Å². The molecule has 0 aromatic rings. The quantitative estimate of drug-likeness (QED) is 0.466. The van der Waals surface area contributed by atoms with Crippen LogP contribution in [0.1, 0.15) is 27.7 Å². The second kappa shape index (κ2) is 7.00. The van der Waals surface area contributed by atoms with Gasteiger partial charge in [0.05, 0.1) is 0 Å². The molecule has 82 valence electrons. The second-order valence-corrected chi connectivity index (χ2v) is 5.05. The van der Waals surface area contributed by atoms with E-state index in [2.05, 4.69) is 43.7 Å². The third-order valence-corrected chi connectivity index (χ3v) is 3.24. The van der Waals surface area contributed by atoms with Crippen molar-refractivity contribution in [3.8, 4) is 0 Å². The minimum atomic E-state index is 0.604. The molecule has 0 saturated heterocycles. The molecule has 0 rings (SSSR count). The lowest BCUT2D eigenvalue weighted by molar-refractivity contribution is 0.329. The molecule has 0 amide bonds. The van der Waals surface area contributed by atoms with Crippen molar-refractivity contribution < 1.29 is 0 Å². The van der Waals surface area contributed by atoms with Crippen LogP contribution in [0.4, 0.5) is 0 Å². The minimum absolute atomic E-state index is 0.604. The van der Waals surface area contributed by atoms with E-state index in [4.69, 9.17) is 0 Å². The molecular formula is C10H24N2Si2. The summed E-state index contributed by atoms with van der Waals surface area (Å²) < 4.78 is 0. The lowest BCUT2D eigenvalue weighted by Crippen LogP contribution is -2.30. The fraction of sp³-hybridized carbons (Fsp3) is 0.700. The standard InChI is InChI=1S/C10H24N2Si2/c1-8(2)12(7-14)10(4)5-9(3)11-6-13/h5,8H,6-7H2,1-4,13-14H3/b10-5-,11-9?. The van der Waals surface area contributed by atoms with Crippen LogP contribution in [-0.4, -0.2) is 49.5 Å². The van der Waals surface area contributed by atoms with Gasteiger partial charge in [0.1, 0.15) is 0 Å². The molecule has 0 N–H and O–H groups in total. The lowest BCUT2D eigenvalue weighted by atomic mass is 10.2. The Balaban J connectivity index is 4.56. The zero-order valence-electron chi connectivity index (χ0n) is 10.5. The van der Waals surface area contributed by atoms with Gasteiger partial charge in [-0.15, -0.1) is 0 Å². The topological polar surface area (TPSA) is 15.6 Å². The van der Waals surface area contributed by atoms with E-state index in [0.29, 0.717) is 6.04 Å². The molecule has 0 atom stereocenters. The molecule has 0 unspecified atom stereocenters. The highest BCUT2D eigenvalue weighted by Crippen LogP contribution is 2.07. The van der Waals surface area contributed by atoms with Crippen molar-refractivity contribution in [3.63, 3.8) is 0 Å². The largest absolute Gasteiger partial charge is 0.377 e. The van der Waals surface area contributed by atoms with Crippen molar-refractivity contribution in [2.45, 2.75) is 33.7 Å². The fourth-order valence-electron chi connectivity index (χ4n) is 1.70. The number of aliphatic imine (C=N–C) groups is 1. The SMILES string of the molecule is CC(/C=C(/C)N(C[SiH3])C(C)C)=NC[SiH3]. The molecule has 0 heterocycles. The van der Waals surface area contributed by atoms with Gasteiger partial charge in [-0.1, -0.05) is 0 Å². The Kier molecular flexibility index (Phi) is 6.83. The van der Waals surface area contributed by atoms with Crippen LogP contribution in [0, 0.1) is 0 Å². The first kappa shape index (κ1) is 13.6. The summed E-state index contributed by atoms with van der Waals surface area (Å²) in [7, 11) is 2.38. The van der Waals surface area contributed by atoms with Gasteiger partial charge in [0.25, 0.3) is 0 Å². The average molecular weight is 228 g/mol. The van der Waals surface area contributed by atoms with Crippen LogP contribution in [0.25, 0.3) is 0 Å². The summed E-state index contributed by atoms with van der Waals surface area (Å²) in [4.78, 5) is 6.87. The predicted molar refractivity (Wildman–Crippen MR) is 73.5 cm³/mol. The normalized spacial score (nSPS) is 14.1. The third-order valence-electron chi connectivity index (χ3n) is 2.24. The molecule has 0 spiro atoms. The number of allylic oxidation sites excluding steroid dienone is 2. The van der Waals surface area contributed by atoms with Crippen LogP contribution >= 0.6 is 0 Å². The Morgan fingerprint density at radius 1 is 1.36 bits per heavy atom. The van der Waals surface area contributed by atoms with Gasteiger partial charge in [-0.25, -0.2) is 0 Å². The van der Waals surface area contributed by atoms with Gasteiger partial charge in [0, 0.05) is 50.3 Å². The smallest absolute Gasteiger partial charge is 0.0330 e. The second-order valence-electron chi connectivity index (χ2n) is 3.78. The summed E-state index contributed by atoms with van der Waals surface area (Å²) in [6.45, 7) is 8.76. The molecular weight excluding hydrogens is 204 g/mol. The Morgan fingerprint density at radius 2 is 1.93 bits per heavy atom. The molecule has 0 saturated carbocycles. The fourth-order valence-corrected chi connectivity index (χ4v) is 3.43. The summed E-state index contributed by atoms with van der Waals surface area (Å²) in [5.74, 6) is 0. The first-order chi connectivity index (χ1) is 6.52. The van der Waals surface area contributed by atoms with E-state index in [0.717, 1.165) is 16.4 Å². The van der Waals surface area contributed by atoms with E-state index in [-0.39, 0.29) is 0 Å². The van der Waals surface area contributed by atoms with Gasteiger partial charge in [0.2, 0.25) is 0 Å². The zero-order chi connectivity index (χ0) is 11.1. The molecule has 0 aliphatic rings. The van der Waals surface area contributed by atoms with E-state index in [1.165, 1.54) is 27.8 Å². The van der Waals surface area contributed by atoms with E-state index in [1.807, 2.05) is 0 Å². The molecule has 0 fully saturated rings. The maximum absolute atomic E-state index is 4.43. The molecule has 14 heavy (non-hydrogen) atoms. The van der Waals surface area contributed by atoms with Crippen LogP contribution in [0.2, 0.25) is 0 Å². The highest BCUT2D eigenvalue weighted by Gasteiger charge is 2.06. The summed E-state index contributed by atoms with van der Waals surface area (Å²) in [5, 5.41) is 0. The molecule has 0 aromatic carbocycles. The number of hydrogen-bond donors (Lipinski definition) is 0. The minimum Gasteiger partial charge on any atom is -0.377 e. The summed E-state index contributed by atoms with van der Waals surface area (Å²) in [6, 6.07) is 0.604. The van der Waals surface area contributed by atoms with E-state index < -0.39 is 0 Å². The highest BCUT2D eigenvalue weighted by atomic mass is 28.1. The Labute approximate surface area is 94.3 Å². The maximum Gasteiger partial charge on any atom is 0.0330 e. The molecule has 0 aromatic heterocycles. The zero-order valence-corrected chi connectivity index (χ0v) is 14.5. The maximum atomic E-state index is 4.43. The Bertz CT molecular complexity index is 222. The van der Waals surface area contributed by atoms with Crippen molar-refractivity contribution in [1.29, 1.82) is 0 Å². The van der Waals surface area contributed by atoms with Crippen molar-refractivity contribution in [2.75, 3.05) is 12.3 Å². The summed E-state index contributed by atoms with van der Waals surface area (Å²) >= 11 is 0. The van der Waals surface area contributed by atoms with Crippen LogP contribution in [0.15, 0.2) is 16.8 Å². The van der Waals surface area contributed by atoms with Crippen molar-refractivity contribution in [3.05, 3.63) is 11.8 Å². The van der Waals surface area contributed by atoms with Crippen molar-refractivity contribution >= 4 is 26.2 Å². The average Bonchev–Trinajstić information content (AvgIpc) is 2.04. The van der Waals surface area contributed by atoms with E-state index in [1.54, 1.807) is 0 Å². The number of rotatable bonds is 5. The molecule has 2 nitrogen and oxygen atoms in total. The summed E-state index contributed by atoms with van der Waals surface area (Å²) in [5.41, 5.74) is 2.52. The van der Waals surface area contributed by atoms with Gasteiger partial charge >= 0.3 is 0 Å². The molecule has 0 radical (unpaired) electrons. The van der Waals surface area contributed by atoms with Crippen LogP contribution in [0.3, 0.4) is 0 Å². The van der Waals surface area contributed by atoms with Gasteiger partial charge in [0.15, 0.2) is 0 Å². The Morgan fingerprint density at radius 3 is 2.29 bits per heavy atom. The molecule has 0 bridgehead atoms. The number of nitrogens with zero attached hydrogens (tertiary/aromatic N) is 2. The number of hydrogen-bond acceptors (Lipinski definition) is 2. The van der Waals surface area contributed by atoms with Gasteiger partial charge < -0.3 is 4.90 Å². The molecule has 0 aliphatic carbocycles. The first-order valence-corrected chi connectivity index (χ1v) is 8.31. The summed E-state index contributed by atoms with van der Waals surface area (Å²) in [6.07, 6.45) is 4.42. The van der Waals surface area contributed by atoms with E-state index in [9.17, 15) is 0 Å². The van der Waals surface area contributed by atoms with E-state index >= 15 is 0 Å². The van der Waals surface area contributed by atoms with Gasteiger partial charge in [-0.05, 0) is 33.8 Å². The third kappa shape index (κ3) is 4.76. The monoisotopic (exact) mass is 228 g/mol. The van der Waals surface area contributed by atoms with Gasteiger partial charge in [-0.2, -0.15) is 0 Å². The van der Waals surface area contributed by atoms with Gasteiger partial charge in [-0.3, -0.25) is 4.99 Å². The lowest BCUT2D eigenvalue weighted by Gasteiger charge is -2.28. The predicted octanol–water partition coefficient (Wildman–Crippen LogP) is -0.293. The molecule has 0 aliphatic heterocycles. The highest BCUT2D eigenvalue weighted by molar-refractivity contribution is 6.10.